The van der Waals surface area contributed by atoms with Crippen molar-refractivity contribution in [3.8, 4) is 0 Å². The number of anilines is 1. The number of benzene rings is 1. The second-order valence-corrected chi connectivity index (χ2v) is 11.2. The van der Waals surface area contributed by atoms with Gasteiger partial charge in [0.1, 0.15) is 0 Å². The number of para-hydroxylation sites is 1. The molecule has 1 aromatic carbocycles. The van der Waals surface area contributed by atoms with E-state index >= 15 is 0 Å². The number of aryl methyl sites for hydroxylation is 1. The summed E-state index contributed by atoms with van der Waals surface area (Å²) in [6.45, 7) is 7.04. The van der Waals surface area contributed by atoms with E-state index in [1.807, 2.05) is 51.3 Å². The van der Waals surface area contributed by atoms with Gasteiger partial charge in [-0.15, -0.1) is 0 Å². The maximum absolute atomic E-state index is 14.4. The van der Waals surface area contributed by atoms with Gasteiger partial charge < -0.3 is 9.80 Å². The molecular formula is C31H38N6O2. The lowest BCUT2D eigenvalue weighted by atomic mass is 10.1. The Morgan fingerprint density at radius 1 is 0.974 bits per heavy atom. The van der Waals surface area contributed by atoms with E-state index in [2.05, 4.69) is 35.0 Å². The summed E-state index contributed by atoms with van der Waals surface area (Å²) in [7, 11) is 0. The Hall–Kier alpha value is -3.52. The van der Waals surface area contributed by atoms with Gasteiger partial charge in [-0.05, 0) is 68.4 Å². The molecule has 3 aliphatic rings. The van der Waals surface area contributed by atoms with Gasteiger partial charge in [-0.2, -0.15) is 5.10 Å². The van der Waals surface area contributed by atoms with Crippen molar-refractivity contribution in [2.24, 2.45) is 0 Å². The number of hydrogen-bond acceptors (Lipinski definition) is 5. The lowest BCUT2D eigenvalue weighted by Crippen LogP contribution is -2.45. The summed E-state index contributed by atoms with van der Waals surface area (Å²) in [5.74, 6) is 0.475. The van der Waals surface area contributed by atoms with Crippen LogP contribution >= 0.6 is 0 Å². The molecule has 2 amide bonds. The van der Waals surface area contributed by atoms with Gasteiger partial charge in [0.15, 0.2) is 0 Å². The Balaban J connectivity index is 1.40. The summed E-state index contributed by atoms with van der Waals surface area (Å²) < 4.78 is 1.90. The third-order valence-electron chi connectivity index (χ3n) is 8.62. The van der Waals surface area contributed by atoms with E-state index in [9.17, 15) is 9.59 Å². The molecule has 0 N–H and O–H groups in total. The van der Waals surface area contributed by atoms with Crippen molar-refractivity contribution in [2.45, 2.75) is 83.6 Å². The summed E-state index contributed by atoms with van der Waals surface area (Å²) >= 11 is 0. The lowest BCUT2D eigenvalue weighted by Gasteiger charge is -2.34. The van der Waals surface area contributed by atoms with Crippen LogP contribution in [0.15, 0.2) is 55.0 Å². The number of carbonyl (C=O) groups excluding carboxylic acids is 2. The Bertz CT molecular complexity index is 1330. The minimum Gasteiger partial charge on any atom is -0.333 e. The SMILES string of the molecule is CCn1cc(C(=O)N2Cc3ccccc3N(C(C)=O)CC[C@H]3CC[C@@H](C2)N3Cc2ccncc2)c(C2CC2)n1. The molecule has 8 nitrogen and oxygen atoms in total. The molecule has 0 unspecified atom stereocenters. The first kappa shape index (κ1) is 25.7. The Morgan fingerprint density at radius 2 is 1.74 bits per heavy atom. The van der Waals surface area contributed by atoms with Crippen LogP contribution in [0.1, 0.15) is 79.0 Å². The number of rotatable bonds is 5. The first-order valence-corrected chi connectivity index (χ1v) is 14.4. The quantitative estimate of drug-likeness (QED) is 0.486. The van der Waals surface area contributed by atoms with E-state index in [4.69, 9.17) is 5.10 Å². The molecule has 2 bridgehead atoms. The fraction of sp³-hybridized carbons (Fsp3) is 0.484. The maximum atomic E-state index is 14.4. The summed E-state index contributed by atoms with van der Waals surface area (Å²) in [4.78, 5) is 38.0. The van der Waals surface area contributed by atoms with E-state index in [0.717, 1.165) is 67.7 Å². The van der Waals surface area contributed by atoms with Crippen LogP contribution in [0.25, 0.3) is 0 Å². The number of pyridine rings is 1. The molecule has 3 aromatic rings. The highest BCUT2D eigenvalue weighted by molar-refractivity contribution is 5.96. The Morgan fingerprint density at radius 3 is 2.49 bits per heavy atom. The molecule has 6 rings (SSSR count). The van der Waals surface area contributed by atoms with Gasteiger partial charge in [0.2, 0.25) is 5.91 Å². The van der Waals surface area contributed by atoms with Gasteiger partial charge in [-0.1, -0.05) is 18.2 Å². The second-order valence-electron chi connectivity index (χ2n) is 11.2. The molecular weight excluding hydrogens is 488 g/mol. The monoisotopic (exact) mass is 526 g/mol. The largest absolute Gasteiger partial charge is 0.333 e. The topological polar surface area (TPSA) is 74.6 Å². The van der Waals surface area contributed by atoms with Crippen molar-refractivity contribution >= 4 is 17.5 Å². The molecule has 39 heavy (non-hydrogen) atoms. The van der Waals surface area contributed by atoms with E-state index in [-0.39, 0.29) is 17.9 Å². The van der Waals surface area contributed by atoms with Gasteiger partial charge in [0, 0.05) is 81.9 Å². The molecule has 1 saturated carbocycles. The van der Waals surface area contributed by atoms with Crippen LogP contribution in [0.3, 0.4) is 0 Å². The molecule has 2 aliphatic heterocycles. The predicted molar refractivity (Wildman–Crippen MR) is 150 cm³/mol. The third kappa shape index (κ3) is 5.35. The van der Waals surface area contributed by atoms with Crippen LogP contribution in [0, 0.1) is 0 Å². The molecule has 8 heteroatoms. The van der Waals surface area contributed by atoms with Gasteiger partial charge >= 0.3 is 0 Å². The zero-order valence-electron chi connectivity index (χ0n) is 23.0. The highest BCUT2D eigenvalue weighted by Gasteiger charge is 2.38. The maximum Gasteiger partial charge on any atom is 0.257 e. The molecule has 2 fully saturated rings. The van der Waals surface area contributed by atoms with Crippen molar-refractivity contribution in [3.63, 3.8) is 0 Å². The summed E-state index contributed by atoms with van der Waals surface area (Å²) in [5, 5.41) is 4.79. The standard InChI is InChI=1S/C31H38N6O2/c1-3-35-21-28(30(33-35)24-8-9-24)31(39)34-19-25-6-4-5-7-29(25)36(22(2)38)17-14-26-10-11-27(20-34)37(26)18-23-12-15-32-16-13-23/h4-7,12-13,15-16,21,24,26-27H,3,8-11,14,17-20H2,1-2H3/t26-,27+/m1/s1. The van der Waals surface area contributed by atoms with E-state index in [1.54, 1.807) is 6.92 Å². The van der Waals surface area contributed by atoms with Gasteiger partial charge in [0.05, 0.1) is 11.3 Å². The molecule has 1 saturated heterocycles. The van der Waals surface area contributed by atoms with Crippen LogP contribution in [0.2, 0.25) is 0 Å². The number of hydrogen-bond donors (Lipinski definition) is 0. The molecule has 0 radical (unpaired) electrons. The second kappa shape index (κ2) is 10.9. The Labute approximate surface area is 230 Å². The molecule has 2 aromatic heterocycles. The number of amides is 2. The van der Waals surface area contributed by atoms with Crippen molar-refractivity contribution in [3.05, 3.63) is 77.4 Å². The minimum absolute atomic E-state index is 0.0371. The highest BCUT2D eigenvalue weighted by Crippen LogP contribution is 2.41. The van der Waals surface area contributed by atoms with Crippen LogP contribution < -0.4 is 4.90 Å². The molecule has 204 valence electrons. The van der Waals surface area contributed by atoms with Crippen LogP contribution in [-0.2, 0) is 24.4 Å². The third-order valence-corrected chi connectivity index (χ3v) is 8.62. The predicted octanol–water partition coefficient (Wildman–Crippen LogP) is 4.61. The first-order valence-electron chi connectivity index (χ1n) is 14.4. The summed E-state index contributed by atoms with van der Waals surface area (Å²) in [5.41, 5.74) is 4.84. The number of aromatic nitrogens is 3. The first-order chi connectivity index (χ1) is 19.0. The van der Waals surface area contributed by atoms with Gasteiger partial charge in [-0.25, -0.2) is 0 Å². The molecule has 4 heterocycles. The lowest BCUT2D eigenvalue weighted by molar-refractivity contribution is -0.116. The van der Waals surface area contributed by atoms with Crippen LogP contribution in [0.4, 0.5) is 5.69 Å². The normalized spacial score (nSPS) is 21.9. The number of nitrogens with zero attached hydrogens (tertiary/aromatic N) is 6. The molecule has 2 atom stereocenters. The van der Waals surface area contributed by atoms with Gasteiger partial charge in [0.25, 0.3) is 5.91 Å². The van der Waals surface area contributed by atoms with E-state index in [0.29, 0.717) is 31.6 Å². The zero-order chi connectivity index (χ0) is 26.9. The number of carbonyl (C=O) groups is 2. The van der Waals surface area contributed by atoms with E-state index < -0.39 is 0 Å². The van der Waals surface area contributed by atoms with Crippen LogP contribution in [-0.4, -0.2) is 61.6 Å². The summed E-state index contributed by atoms with van der Waals surface area (Å²) in [6, 6.07) is 12.8. The zero-order valence-corrected chi connectivity index (χ0v) is 23.0. The van der Waals surface area contributed by atoms with Crippen molar-refractivity contribution in [2.75, 3.05) is 18.0 Å². The highest BCUT2D eigenvalue weighted by atomic mass is 16.2. The fourth-order valence-corrected chi connectivity index (χ4v) is 6.38. The van der Waals surface area contributed by atoms with Crippen molar-refractivity contribution in [1.82, 2.24) is 24.6 Å². The summed E-state index contributed by atoms with van der Waals surface area (Å²) in [6.07, 6.45) is 10.8. The molecule has 1 aliphatic carbocycles. The van der Waals surface area contributed by atoms with Gasteiger partial charge in [-0.3, -0.25) is 24.2 Å². The number of fused-ring (bicyclic) bond motifs is 3. The Kier molecular flexibility index (Phi) is 7.21. The van der Waals surface area contributed by atoms with Crippen molar-refractivity contribution < 1.29 is 9.59 Å². The smallest absolute Gasteiger partial charge is 0.257 e. The van der Waals surface area contributed by atoms with Crippen molar-refractivity contribution in [1.29, 1.82) is 0 Å². The average Bonchev–Trinajstić information content (AvgIpc) is 3.60. The minimum atomic E-state index is 0.0371. The fourth-order valence-electron chi connectivity index (χ4n) is 6.38. The van der Waals surface area contributed by atoms with Crippen LogP contribution in [0.5, 0.6) is 0 Å². The molecule has 0 spiro atoms. The van der Waals surface area contributed by atoms with E-state index in [1.165, 1.54) is 5.56 Å². The average molecular weight is 527 g/mol.